The second-order valence-electron chi connectivity index (χ2n) is 14.4. The van der Waals surface area contributed by atoms with E-state index in [9.17, 15) is 0 Å². The van der Waals surface area contributed by atoms with Crippen LogP contribution >= 0.6 is 0 Å². The molecule has 5 heteroatoms. The van der Waals surface area contributed by atoms with E-state index in [0.29, 0.717) is 11.4 Å². The summed E-state index contributed by atoms with van der Waals surface area (Å²) >= 11 is 0. The average molecular weight is 706 g/mol. The molecular weight excluding hydrogens is 675 g/mol. The number of benzene rings is 7. The molecule has 258 valence electrons. The van der Waals surface area contributed by atoms with Crippen LogP contribution in [0.4, 0.5) is 0 Å². The molecule has 1 aliphatic carbocycles. The van der Waals surface area contributed by atoms with E-state index in [-0.39, 0.29) is 6.04 Å². The molecule has 0 fully saturated rings. The van der Waals surface area contributed by atoms with Crippen LogP contribution in [0.2, 0.25) is 0 Å². The van der Waals surface area contributed by atoms with E-state index in [4.69, 9.17) is 18.8 Å². The number of hydrogen-bond acceptors (Lipinski definition) is 4. The largest absolute Gasteiger partial charge is 0.456 e. The zero-order valence-corrected chi connectivity index (χ0v) is 29.6. The molecule has 0 N–H and O–H groups in total. The highest BCUT2D eigenvalue weighted by molar-refractivity contribution is 6.13. The van der Waals surface area contributed by atoms with Crippen LogP contribution in [-0.2, 0) is 0 Å². The number of nitrogens with zero attached hydrogens (tertiary/aromatic N) is 3. The highest BCUT2D eigenvalue weighted by Gasteiger charge is 2.34. The molecule has 7 aromatic carbocycles. The molecule has 0 bridgehead atoms. The summed E-state index contributed by atoms with van der Waals surface area (Å²) in [6.07, 6.45) is 3.04. The molecule has 1 aliphatic rings. The van der Waals surface area contributed by atoms with Gasteiger partial charge in [0.2, 0.25) is 0 Å². The molecule has 0 amide bonds. The summed E-state index contributed by atoms with van der Waals surface area (Å²) in [7, 11) is 0. The van der Waals surface area contributed by atoms with Crippen LogP contribution in [0.15, 0.2) is 179 Å². The normalized spacial score (nSPS) is 14.4. The Morgan fingerprint density at radius 3 is 1.96 bits per heavy atom. The third-order valence-electron chi connectivity index (χ3n) is 11.4. The smallest absolute Gasteiger partial charge is 0.180 e. The van der Waals surface area contributed by atoms with Gasteiger partial charge in [0.05, 0.1) is 11.6 Å². The quantitative estimate of drug-likeness (QED) is 0.183. The summed E-state index contributed by atoms with van der Waals surface area (Å²) < 4.78 is 16.1. The van der Waals surface area contributed by atoms with E-state index in [2.05, 4.69) is 144 Å². The SMILES string of the molecule is C1=C(c2nc(-c3ccc(-c4ccccc4)cc3)nc3c2oc2ccccc23)c2oc3ccccc3c2C(n2c3ccccc3c3cc4ccccc4cc32)C1. The van der Waals surface area contributed by atoms with Gasteiger partial charge in [0.1, 0.15) is 28.1 Å². The zero-order valence-electron chi connectivity index (χ0n) is 29.6. The van der Waals surface area contributed by atoms with Gasteiger partial charge in [-0.25, -0.2) is 9.97 Å². The molecule has 5 nitrogen and oxygen atoms in total. The van der Waals surface area contributed by atoms with Gasteiger partial charge in [-0.2, -0.15) is 0 Å². The second kappa shape index (κ2) is 11.6. The second-order valence-corrected chi connectivity index (χ2v) is 14.4. The van der Waals surface area contributed by atoms with Crippen LogP contribution in [0.1, 0.15) is 29.5 Å². The molecule has 11 aromatic rings. The molecule has 1 atom stereocenters. The number of hydrogen-bond donors (Lipinski definition) is 0. The average Bonchev–Trinajstić information content (AvgIpc) is 3.93. The van der Waals surface area contributed by atoms with Crippen molar-refractivity contribution >= 4 is 71.2 Å². The molecule has 55 heavy (non-hydrogen) atoms. The highest BCUT2D eigenvalue weighted by atomic mass is 16.3. The Kier molecular flexibility index (Phi) is 6.39. The van der Waals surface area contributed by atoms with E-state index >= 15 is 0 Å². The lowest BCUT2D eigenvalue weighted by Gasteiger charge is -2.25. The van der Waals surface area contributed by atoms with Gasteiger partial charge in [-0.1, -0.05) is 133 Å². The lowest BCUT2D eigenvalue weighted by Crippen LogP contribution is -2.15. The van der Waals surface area contributed by atoms with Gasteiger partial charge < -0.3 is 13.4 Å². The first-order valence-corrected chi connectivity index (χ1v) is 18.8. The summed E-state index contributed by atoms with van der Waals surface area (Å²) in [5.74, 6) is 1.46. The Morgan fingerprint density at radius 1 is 0.509 bits per heavy atom. The predicted octanol–water partition coefficient (Wildman–Crippen LogP) is 13.1. The van der Waals surface area contributed by atoms with Gasteiger partial charge in [-0.3, -0.25) is 0 Å². The van der Waals surface area contributed by atoms with E-state index in [1.807, 2.05) is 30.3 Å². The molecule has 0 aliphatic heterocycles. The predicted molar refractivity (Wildman–Crippen MR) is 223 cm³/mol. The summed E-state index contributed by atoms with van der Waals surface area (Å²) in [6.45, 7) is 0. The molecule has 0 radical (unpaired) electrons. The van der Waals surface area contributed by atoms with Crippen molar-refractivity contribution in [3.63, 3.8) is 0 Å². The van der Waals surface area contributed by atoms with Crippen LogP contribution in [0.5, 0.6) is 0 Å². The number of rotatable bonds is 4. The fourth-order valence-corrected chi connectivity index (χ4v) is 8.84. The molecule has 4 aromatic heterocycles. The lowest BCUT2D eigenvalue weighted by molar-refractivity contribution is 0.557. The van der Waals surface area contributed by atoms with Crippen molar-refractivity contribution in [2.75, 3.05) is 0 Å². The van der Waals surface area contributed by atoms with Crippen molar-refractivity contribution in [3.8, 4) is 22.5 Å². The van der Waals surface area contributed by atoms with Crippen molar-refractivity contribution in [1.29, 1.82) is 0 Å². The topological polar surface area (TPSA) is 57.0 Å². The summed E-state index contributed by atoms with van der Waals surface area (Å²) in [5, 5.41) is 7.02. The Morgan fingerprint density at radius 2 is 1.15 bits per heavy atom. The molecule has 12 rings (SSSR count). The maximum atomic E-state index is 6.93. The number of allylic oxidation sites excluding steroid dienone is 1. The zero-order chi connectivity index (χ0) is 36.0. The molecule has 0 saturated carbocycles. The van der Waals surface area contributed by atoms with Gasteiger partial charge in [0.15, 0.2) is 11.4 Å². The van der Waals surface area contributed by atoms with Crippen molar-refractivity contribution in [2.45, 2.75) is 12.5 Å². The van der Waals surface area contributed by atoms with Gasteiger partial charge >= 0.3 is 0 Å². The van der Waals surface area contributed by atoms with Crippen LogP contribution < -0.4 is 0 Å². The maximum Gasteiger partial charge on any atom is 0.180 e. The van der Waals surface area contributed by atoms with Gasteiger partial charge in [0.25, 0.3) is 0 Å². The highest BCUT2D eigenvalue weighted by Crippen LogP contribution is 2.48. The first-order valence-electron chi connectivity index (χ1n) is 18.8. The molecule has 0 spiro atoms. The Labute approximate surface area is 315 Å². The van der Waals surface area contributed by atoms with Crippen molar-refractivity contribution in [2.24, 2.45) is 0 Å². The van der Waals surface area contributed by atoms with E-state index in [1.54, 1.807) is 0 Å². The Bertz CT molecular complexity index is 3350. The summed E-state index contributed by atoms with van der Waals surface area (Å²) in [6, 6.07) is 57.5. The standard InChI is InChI=1S/C50H31N3O2/c1-2-12-30(13-3-1)31-22-24-32(25-23-31)50-51-46-37-18-8-11-21-44(37)55-49(46)47(52-50)38-26-27-41(45-36-17-7-10-20-43(36)54-48(38)45)53-40-19-9-6-16-35(40)39-28-33-14-4-5-15-34(33)29-42(39)53/h1-26,28-29,41H,27H2. The van der Waals surface area contributed by atoms with Crippen LogP contribution in [0, 0.1) is 0 Å². The summed E-state index contributed by atoms with van der Waals surface area (Å²) in [4.78, 5) is 10.5. The number of aromatic nitrogens is 3. The minimum Gasteiger partial charge on any atom is -0.456 e. The van der Waals surface area contributed by atoms with Crippen molar-refractivity contribution in [1.82, 2.24) is 14.5 Å². The molecule has 1 unspecified atom stereocenters. The molecule has 4 heterocycles. The van der Waals surface area contributed by atoms with Crippen LogP contribution in [0.3, 0.4) is 0 Å². The molecular formula is C50H31N3O2. The number of fused-ring (bicyclic) bond motifs is 10. The minimum absolute atomic E-state index is 0.0241. The Hall–Kier alpha value is -7.24. The van der Waals surface area contributed by atoms with Crippen molar-refractivity contribution < 1.29 is 8.83 Å². The Balaban J connectivity index is 1.10. The van der Waals surface area contributed by atoms with Crippen LogP contribution in [-0.4, -0.2) is 14.5 Å². The fourth-order valence-electron chi connectivity index (χ4n) is 8.84. The third kappa shape index (κ3) is 4.53. The van der Waals surface area contributed by atoms with E-state index < -0.39 is 0 Å². The molecule has 0 saturated heterocycles. The van der Waals surface area contributed by atoms with Crippen LogP contribution in [0.25, 0.3) is 93.7 Å². The maximum absolute atomic E-state index is 6.93. The first kappa shape index (κ1) is 30.2. The van der Waals surface area contributed by atoms with E-state index in [0.717, 1.165) is 67.6 Å². The number of furan rings is 2. The van der Waals surface area contributed by atoms with Gasteiger partial charge in [0, 0.05) is 43.8 Å². The van der Waals surface area contributed by atoms with Crippen molar-refractivity contribution in [3.05, 3.63) is 187 Å². The fraction of sp³-hybridized carbons (Fsp3) is 0.0400. The lowest BCUT2D eigenvalue weighted by atomic mass is 9.88. The van der Waals surface area contributed by atoms with Gasteiger partial charge in [-0.05, 0) is 64.7 Å². The minimum atomic E-state index is -0.0241. The third-order valence-corrected chi connectivity index (χ3v) is 11.4. The van der Waals surface area contributed by atoms with E-state index in [1.165, 1.54) is 38.1 Å². The first-order chi connectivity index (χ1) is 27.3. The van der Waals surface area contributed by atoms with Gasteiger partial charge in [-0.15, -0.1) is 0 Å². The monoisotopic (exact) mass is 705 g/mol. The summed E-state index contributed by atoms with van der Waals surface area (Å²) in [5.41, 5.74) is 11.5. The number of para-hydroxylation sites is 3.